The van der Waals surface area contributed by atoms with Gasteiger partial charge in [-0.25, -0.2) is 28.7 Å². The highest BCUT2D eigenvalue weighted by Crippen LogP contribution is 2.63. The molecule has 0 bridgehead atoms. The van der Waals surface area contributed by atoms with Crippen LogP contribution in [0.25, 0.3) is 22.3 Å². The molecule has 9 atom stereocenters. The maximum absolute atomic E-state index is 15.9. The molecular formula is C22H27F2N10O9P2S2+. The van der Waals surface area contributed by atoms with E-state index in [1.54, 1.807) is 0 Å². The molecule has 0 spiro atoms. The molecule has 4 aromatic rings. The number of aromatic nitrogens is 8. The van der Waals surface area contributed by atoms with Gasteiger partial charge in [-0.1, -0.05) is 0 Å². The van der Waals surface area contributed by atoms with E-state index >= 15 is 8.78 Å². The normalized spacial score (nSPS) is 30.7. The number of halogens is 2. The van der Waals surface area contributed by atoms with Gasteiger partial charge in [0.2, 0.25) is 5.95 Å². The lowest BCUT2D eigenvalue weighted by molar-refractivity contribution is -0.109. The lowest BCUT2D eigenvalue weighted by Crippen LogP contribution is -2.46. The smallest absolute Gasteiger partial charge is 0.393 e. The molecule has 6 rings (SSSR count). The second-order valence-corrected chi connectivity index (χ2v) is 16.0. The molecule has 9 unspecified atom stereocenters. The maximum Gasteiger partial charge on any atom is 0.582 e. The average molecular weight is 740 g/mol. The predicted octanol–water partition coefficient (Wildman–Crippen LogP) is 0.611. The van der Waals surface area contributed by atoms with E-state index in [9.17, 15) is 19.4 Å². The first kappa shape index (κ1) is 34.1. The first-order valence-electron chi connectivity index (χ1n) is 13.4. The fraction of sp³-hybridized carbons (Fsp3) is 0.545. The van der Waals surface area contributed by atoms with Crippen molar-refractivity contribution in [2.45, 2.75) is 54.9 Å². The Bertz CT molecular complexity index is 1970. The van der Waals surface area contributed by atoms with Crippen molar-refractivity contribution in [3.63, 3.8) is 0 Å². The van der Waals surface area contributed by atoms with E-state index in [1.165, 1.54) is 31.3 Å². The number of hydrogen-bond donors (Lipinski definition) is 6. The number of aromatic amines is 1. The minimum absolute atomic E-state index is 0.0858. The van der Waals surface area contributed by atoms with Crippen LogP contribution >= 0.6 is 26.0 Å². The number of anilines is 2. The van der Waals surface area contributed by atoms with Gasteiger partial charge in [-0.15, -0.1) is 4.52 Å². The molecule has 19 nitrogen and oxygen atoms in total. The second-order valence-electron chi connectivity index (χ2n) is 10.8. The van der Waals surface area contributed by atoms with Gasteiger partial charge in [0.1, 0.15) is 47.6 Å². The number of rotatable bonds is 10. The van der Waals surface area contributed by atoms with Crippen molar-refractivity contribution in [3.05, 3.63) is 29.3 Å². The van der Waals surface area contributed by atoms with Crippen LogP contribution in [-0.4, -0.2) is 105 Å². The SMILES string of the molecule is COC1C(n2cnc3c(N)ncnc32)OC(C)(COP(O)(=S)C2C(n3cnc4c(=O)[nH]c(N)nc43)OC(CO)C2(F)F)C1O[P+](=O)S. The zero-order chi connectivity index (χ0) is 34.1. The third kappa shape index (κ3) is 5.72. The van der Waals surface area contributed by atoms with Crippen molar-refractivity contribution in [2.75, 3.05) is 31.8 Å². The van der Waals surface area contributed by atoms with Crippen molar-refractivity contribution < 1.29 is 46.6 Å². The number of nitrogen functional groups attached to an aromatic ring is 2. The number of nitrogens with two attached hydrogens (primary N) is 2. The molecule has 0 saturated carbocycles. The molecule has 25 heteroatoms. The van der Waals surface area contributed by atoms with Gasteiger partial charge in [-0.3, -0.25) is 18.9 Å². The summed E-state index contributed by atoms with van der Waals surface area (Å²) in [5.41, 5.74) is 6.82. The highest BCUT2D eigenvalue weighted by molar-refractivity contribution is 8.39. The molecule has 2 aliphatic rings. The average Bonchev–Trinajstić information content (AvgIpc) is 3.74. The Morgan fingerprint density at radius 1 is 1.19 bits per heavy atom. The Hall–Kier alpha value is -2.82. The van der Waals surface area contributed by atoms with Crippen molar-refractivity contribution in [3.8, 4) is 0 Å². The fourth-order valence-corrected chi connectivity index (χ4v) is 9.18. The van der Waals surface area contributed by atoms with Gasteiger partial charge >= 0.3 is 7.23 Å². The zero-order valence-electron chi connectivity index (χ0n) is 24.2. The van der Waals surface area contributed by atoms with E-state index in [1.807, 2.05) is 0 Å². The minimum Gasteiger partial charge on any atom is -0.393 e. The summed E-state index contributed by atoms with van der Waals surface area (Å²) in [6, 6.07) is 0. The molecule has 2 fully saturated rings. The van der Waals surface area contributed by atoms with E-state index in [0.29, 0.717) is 0 Å². The van der Waals surface area contributed by atoms with Crippen molar-refractivity contribution in [1.82, 2.24) is 39.0 Å². The number of thiol groups is 1. The Balaban J connectivity index is 1.36. The molecule has 2 aliphatic heterocycles. The molecular weight excluding hydrogens is 712 g/mol. The van der Waals surface area contributed by atoms with Crippen LogP contribution < -0.4 is 17.0 Å². The molecule has 7 N–H and O–H groups in total. The molecule has 2 saturated heterocycles. The summed E-state index contributed by atoms with van der Waals surface area (Å²) in [6.07, 6.45) is -3.80. The molecule has 0 aromatic carbocycles. The van der Waals surface area contributed by atoms with Crippen molar-refractivity contribution in [1.29, 1.82) is 0 Å². The van der Waals surface area contributed by atoms with Gasteiger partial charge in [0.05, 0.1) is 25.9 Å². The second kappa shape index (κ2) is 12.3. The predicted molar refractivity (Wildman–Crippen MR) is 165 cm³/mol. The Labute approximate surface area is 273 Å². The Morgan fingerprint density at radius 3 is 2.53 bits per heavy atom. The Morgan fingerprint density at radius 2 is 1.87 bits per heavy atom. The third-order valence-electron chi connectivity index (χ3n) is 7.88. The topological polar surface area (TPSA) is 263 Å². The number of methoxy groups -OCH3 is 1. The lowest BCUT2D eigenvalue weighted by Gasteiger charge is -2.34. The van der Waals surface area contributed by atoms with E-state index < -0.39 is 80.4 Å². The highest BCUT2D eigenvalue weighted by Gasteiger charge is 2.66. The summed E-state index contributed by atoms with van der Waals surface area (Å²) in [5, 5.41) is 9.76. The monoisotopic (exact) mass is 739 g/mol. The zero-order valence-corrected chi connectivity index (χ0v) is 27.7. The summed E-state index contributed by atoms with van der Waals surface area (Å²) >= 11 is 9.21. The summed E-state index contributed by atoms with van der Waals surface area (Å²) in [6.45, 7) is -5.12. The molecule has 0 radical (unpaired) electrons. The number of aliphatic hydroxyl groups is 1. The maximum atomic E-state index is 15.9. The molecule has 6 heterocycles. The number of imidazole rings is 2. The lowest BCUT2D eigenvalue weighted by atomic mass is 9.98. The quantitative estimate of drug-likeness (QED) is 0.0961. The minimum atomic E-state index is -4.69. The van der Waals surface area contributed by atoms with Gasteiger partial charge in [0.15, 0.2) is 47.7 Å². The standard InChI is InChI=1S/C22H26F2N10O9P2S2/c1-21(12(43-44(37)46)11(39-2)18(42-21)33-6-29-9-14(25)27-5-28-15(9)33)4-40-45(38,47)13-19(41-8(3-35)22(13,23)24)34-7-30-10-16(34)31-20(26)32-17(10)36/h5-8,11-13,18-19,35H,3-4H2,1-2H3,(H6-,25,26,27,28,31,32,36,37,38,46,47)/p+1. The largest absolute Gasteiger partial charge is 0.582 e. The number of H-pyrrole nitrogens is 1. The number of ether oxygens (including phenoxy) is 3. The summed E-state index contributed by atoms with van der Waals surface area (Å²) in [4.78, 5) is 46.4. The van der Waals surface area contributed by atoms with Crippen molar-refractivity contribution in [2.24, 2.45) is 0 Å². The first-order chi connectivity index (χ1) is 22.1. The molecule has 4 aromatic heterocycles. The van der Waals surface area contributed by atoms with Crippen LogP contribution in [-0.2, 0) is 39.6 Å². The summed E-state index contributed by atoms with van der Waals surface area (Å²) in [7, 11) is -1.26. The number of alkyl halides is 2. The van der Waals surface area contributed by atoms with Gasteiger partial charge in [-0.05, 0) is 23.3 Å². The first-order valence-corrected chi connectivity index (χ1v) is 18.5. The third-order valence-corrected chi connectivity index (χ3v) is 11.4. The van der Waals surface area contributed by atoms with Gasteiger partial charge in [-0.2, -0.15) is 4.98 Å². The van der Waals surface area contributed by atoms with E-state index in [2.05, 4.69) is 42.2 Å². The van der Waals surface area contributed by atoms with Gasteiger partial charge in [0.25, 0.3) is 11.5 Å². The van der Waals surface area contributed by atoms with Crippen LogP contribution in [0.1, 0.15) is 19.4 Å². The number of nitrogens with one attached hydrogen (secondary N) is 1. The van der Waals surface area contributed by atoms with Crippen LogP contribution in [0.15, 0.2) is 23.8 Å². The van der Waals surface area contributed by atoms with Crippen LogP contribution in [0, 0.1) is 0 Å². The molecule has 0 aliphatic carbocycles. The van der Waals surface area contributed by atoms with Crippen LogP contribution in [0.2, 0.25) is 0 Å². The van der Waals surface area contributed by atoms with Crippen LogP contribution in [0.3, 0.4) is 0 Å². The highest BCUT2D eigenvalue weighted by atomic mass is 32.7. The number of fused-ring (bicyclic) bond motifs is 2. The number of aliphatic hydroxyl groups excluding tert-OH is 1. The van der Waals surface area contributed by atoms with Gasteiger partial charge < -0.3 is 40.2 Å². The molecule has 254 valence electrons. The summed E-state index contributed by atoms with van der Waals surface area (Å²) < 4.78 is 75.2. The Kier molecular flexibility index (Phi) is 8.88. The van der Waals surface area contributed by atoms with Gasteiger partial charge in [0, 0.05) is 7.11 Å². The fourth-order valence-electron chi connectivity index (χ4n) is 5.71. The van der Waals surface area contributed by atoms with E-state index in [-0.39, 0.29) is 34.1 Å². The number of nitrogens with zero attached hydrogens (tertiary/aromatic N) is 7. The molecule has 47 heavy (non-hydrogen) atoms. The van der Waals surface area contributed by atoms with Crippen LogP contribution in [0.4, 0.5) is 20.5 Å². The molecule has 0 amide bonds. The van der Waals surface area contributed by atoms with Crippen LogP contribution in [0.5, 0.6) is 0 Å². The summed E-state index contributed by atoms with van der Waals surface area (Å²) in [5.74, 6) is -4.23. The number of hydrogen-bond acceptors (Lipinski definition) is 16. The van der Waals surface area contributed by atoms with E-state index in [0.717, 1.165) is 10.9 Å². The van der Waals surface area contributed by atoms with E-state index in [4.69, 9.17) is 46.5 Å². The van der Waals surface area contributed by atoms with Crippen molar-refractivity contribution >= 4 is 71.9 Å².